The van der Waals surface area contributed by atoms with Crippen molar-refractivity contribution in [2.45, 2.75) is 45.8 Å². The molecule has 0 bridgehead atoms. The van der Waals surface area contributed by atoms with Gasteiger partial charge in [0, 0.05) is 31.8 Å². The highest BCUT2D eigenvalue weighted by molar-refractivity contribution is 6.01. The van der Waals surface area contributed by atoms with E-state index in [9.17, 15) is 18.8 Å². The van der Waals surface area contributed by atoms with Crippen LogP contribution in [-0.2, 0) is 24.3 Å². The average molecular weight is 483 g/mol. The second-order valence-electron chi connectivity index (χ2n) is 8.83. The van der Waals surface area contributed by atoms with Crippen molar-refractivity contribution < 1.29 is 23.3 Å². The number of carbonyl (C=O) groups excluding carboxylic acids is 3. The predicted molar refractivity (Wildman–Crippen MR) is 123 cm³/mol. The minimum absolute atomic E-state index is 0.0756. The van der Waals surface area contributed by atoms with E-state index >= 15 is 0 Å². The Bertz CT molecular complexity index is 1260. The maximum atomic E-state index is 13.1. The Morgan fingerprint density at radius 3 is 2.57 bits per heavy atom. The average Bonchev–Trinajstić information content (AvgIpc) is 3.40. The van der Waals surface area contributed by atoms with Gasteiger partial charge in [0.15, 0.2) is 5.69 Å². The first-order chi connectivity index (χ1) is 16.6. The van der Waals surface area contributed by atoms with Crippen molar-refractivity contribution in [1.82, 2.24) is 30.5 Å². The molecule has 3 amide bonds. The van der Waals surface area contributed by atoms with Gasteiger partial charge in [0.05, 0.1) is 12.2 Å². The van der Waals surface area contributed by atoms with E-state index in [1.165, 1.54) is 27.8 Å². The monoisotopic (exact) mass is 482 g/mol. The van der Waals surface area contributed by atoms with Crippen LogP contribution in [0.3, 0.4) is 0 Å². The van der Waals surface area contributed by atoms with Gasteiger partial charge in [-0.3, -0.25) is 19.1 Å². The number of nitrogens with one attached hydrogen (secondary N) is 2. The highest BCUT2D eigenvalue weighted by Gasteiger charge is 2.46. The molecular weight excluding hydrogens is 455 g/mol. The van der Waals surface area contributed by atoms with Crippen molar-refractivity contribution in [3.63, 3.8) is 0 Å². The van der Waals surface area contributed by atoms with Gasteiger partial charge in [0.2, 0.25) is 5.91 Å². The zero-order valence-corrected chi connectivity index (χ0v) is 20.0. The van der Waals surface area contributed by atoms with Crippen molar-refractivity contribution >= 4 is 17.7 Å². The lowest BCUT2D eigenvalue weighted by molar-refractivity contribution is -0.132. The molecule has 1 aromatic carbocycles. The summed E-state index contributed by atoms with van der Waals surface area (Å²) in [6.07, 6.45) is 0.550. The third-order valence-electron chi connectivity index (χ3n) is 6.43. The Morgan fingerprint density at radius 1 is 1.20 bits per heavy atom. The van der Waals surface area contributed by atoms with Crippen LogP contribution in [0, 0.1) is 19.7 Å². The molecule has 10 nitrogen and oxygen atoms in total. The molecule has 1 aliphatic rings. The van der Waals surface area contributed by atoms with Crippen LogP contribution in [0.2, 0.25) is 0 Å². The summed E-state index contributed by atoms with van der Waals surface area (Å²) in [5.74, 6) is -0.877. The van der Waals surface area contributed by atoms with E-state index < -0.39 is 17.4 Å². The second-order valence-corrected chi connectivity index (χ2v) is 8.83. The molecule has 2 aromatic heterocycles. The molecule has 11 heteroatoms. The first kappa shape index (κ1) is 24.1. The largest absolute Gasteiger partial charge is 0.361 e. The zero-order valence-electron chi connectivity index (χ0n) is 20.0. The first-order valence-corrected chi connectivity index (χ1v) is 11.2. The van der Waals surface area contributed by atoms with Crippen molar-refractivity contribution in [2.24, 2.45) is 0 Å². The van der Waals surface area contributed by atoms with Crippen LogP contribution in [0.1, 0.15) is 50.5 Å². The Kier molecular flexibility index (Phi) is 6.42. The number of fused-ring (bicyclic) bond motifs is 1. The summed E-state index contributed by atoms with van der Waals surface area (Å²) in [6, 6.07) is 7.22. The van der Waals surface area contributed by atoms with Gasteiger partial charge in [0.1, 0.15) is 22.8 Å². The molecule has 3 heterocycles. The molecule has 0 saturated carbocycles. The molecule has 0 fully saturated rings. The molecule has 0 radical (unpaired) electrons. The van der Waals surface area contributed by atoms with Crippen LogP contribution in [0.4, 0.5) is 4.39 Å². The number of rotatable bonds is 7. The summed E-state index contributed by atoms with van der Waals surface area (Å²) < 4.78 is 19.6. The van der Waals surface area contributed by atoms with Crippen LogP contribution in [0.25, 0.3) is 0 Å². The predicted octanol–water partition coefficient (Wildman–Crippen LogP) is 1.76. The van der Waals surface area contributed by atoms with Crippen molar-refractivity contribution in [1.29, 1.82) is 0 Å². The van der Waals surface area contributed by atoms with Gasteiger partial charge < -0.3 is 20.1 Å². The van der Waals surface area contributed by atoms with Crippen molar-refractivity contribution in [3.8, 4) is 0 Å². The fraction of sp³-hybridized carbons (Fsp3) is 0.375. The van der Waals surface area contributed by atoms with E-state index in [0.29, 0.717) is 18.7 Å². The summed E-state index contributed by atoms with van der Waals surface area (Å²) in [5.41, 5.74) is 1.54. The van der Waals surface area contributed by atoms with Crippen molar-refractivity contribution in [3.05, 3.63) is 70.1 Å². The topological polar surface area (TPSA) is 122 Å². The van der Waals surface area contributed by atoms with Crippen molar-refractivity contribution in [2.75, 3.05) is 13.6 Å². The quantitative estimate of drug-likeness (QED) is 0.529. The minimum atomic E-state index is -1.23. The van der Waals surface area contributed by atoms with Gasteiger partial charge in [-0.25, -0.2) is 4.39 Å². The lowest BCUT2D eigenvalue weighted by Crippen LogP contribution is -2.62. The van der Waals surface area contributed by atoms with Crippen LogP contribution >= 0.6 is 0 Å². The Labute approximate surface area is 201 Å². The molecule has 0 spiro atoms. The molecule has 4 rings (SSSR count). The number of likely N-dealkylation sites (N-methyl/N-ethyl adjacent to an activating group) is 1. The SMILES string of the molecule is Cc1noc(C)c1CCNC(=O)c1cc2n(n1)C[C@@](C)(C(=O)NCc1ccc(F)cc1)N(C)C2=O. The fourth-order valence-corrected chi connectivity index (χ4v) is 4.06. The van der Waals surface area contributed by atoms with Crippen LogP contribution < -0.4 is 10.6 Å². The Morgan fingerprint density at radius 2 is 1.91 bits per heavy atom. The van der Waals surface area contributed by atoms with Gasteiger partial charge in [-0.05, 0) is 44.9 Å². The van der Waals surface area contributed by atoms with Crippen LogP contribution in [0.5, 0.6) is 0 Å². The first-order valence-electron chi connectivity index (χ1n) is 11.2. The number of aromatic nitrogens is 3. The van der Waals surface area contributed by atoms with Gasteiger partial charge >= 0.3 is 0 Å². The molecule has 0 aliphatic carbocycles. The third-order valence-corrected chi connectivity index (χ3v) is 6.43. The number of benzene rings is 1. The molecule has 3 aromatic rings. The molecule has 1 aliphatic heterocycles. The third kappa shape index (κ3) is 4.66. The van der Waals surface area contributed by atoms with Crippen LogP contribution in [-0.4, -0.2) is 56.7 Å². The molecule has 1 atom stereocenters. The number of halogens is 1. The van der Waals surface area contributed by atoms with Gasteiger partial charge in [-0.15, -0.1) is 0 Å². The van der Waals surface area contributed by atoms with E-state index in [2.05, 4.69) is 20.9 Å². The van der Waals surface area contributed by atoms with Crippen LogP contribution in [0.15, 0.2) is 34.9 Å². The van der Waals surface area contributed by atoms with E-state index in [4.69, 9.17) is 4.52 Å². The maximum absolute atomic E-state index is 13.1. The van der Waals surface area contributed by atoms with E-state index in [1.54, 1.807) is 26.1 Å². The highest BCUT2D eigenvalue weighted by Crippen LogP contribution is 2.26. The molecule has 35 heavy (non-hydrogen) atoms. The zero-order chi connectivity index (χ0) is 25.3. The number of nitrogens with zero attached hydrogens (tertiary/aromatic N) is 4. The molecular formula is C24H27FN6O4. The highest BCUT2D eigenvalue weighted by atomic mass is 19.1. The second kappa shape index (κ2) is 9.32. The molecule has 184 valence electrons. The molecule has 0 saturated heterocycles. The lowest BCUT2D eigenvalue weighted by Gasteiger charge is -2.40. The van der Waals surface area contributed by atoms with Gasteiger partial charge in [0.25, 0.3) is 11.8 Å². The Balaban J connectivity index is 1.43. The number of hydrogen-bond acceptors (Lipinski definition) is 6. The summed E-state index contributed by atoms with van der Waals surface area (Å²) >= 11 is 0. The van der Waals surface area contributed by atoms with E-state index in [1.807, 2.05) is 13.8 Å². The summed E-state index contributed by atoms with van der Waals surface area (Å²) in [4.78, 5) is 40.1. The lowest BCUT2D eigenvalue weighted by atomic mass is 9.96. The fourth-order valence-electron chi connectivity index (χ4n) is 4.06. The smallest absolute Gasteiger partial charge is 0.272 e. The standard InChI is InChI=1S/C24H27FN6O4/c1-14-18(15(2)35-29-14)9-10-26-21(32)19-11-20-22(33)30(4)24(3,13-31(20)28-19)23(34)27-12-16-5-7-17(25)8-6-16/h5-8,11H,9-10,12-13H2,1-4H3,(H,26,32)(H,27,34)/t24-/m0/s1. The van der Waals surface area contributed by atoms with E-state index in [0.717, 1.165) is 16.8 Å². The summed E-state index contributed by atoms with van der Waals surface area (Å²) in [5, 5.41) is 13.8. The number of carbonyl (C=O) groups is 3. The van der Waals surface area contributed by atoms with Gasteiger partial charge in [-0.1, -0.05) is 17.3 Å². The number of hydrogen-bond donors (Lipinski definition) is 2. The summed E-state index contributed by atoms with van der Waals surface area (Å²) in [6.45, 7) is 5.90. The molecule has 0 unspecified atom stereocenters. The Hall–Kier alpha value is -4.02. The minimum Gasteiger partial charge on any atom is -0.361 e. The maximum Gasteiger partial charge on any atom is 0.272 e. The van der Waals surface area contributed by atoms with E-state index in [-0.39, 0.29) is 36.2 Å². The number of amides is 3. The summed E-state index contributed by atoms with van der Waals surface area (Å²) in [7, 11) is 1.54. The normalized spacial score (nSPS) is 17.3. The molecule has 2 N–H and O–H groups in total. The number of aryl methyl sites for hydroxylation is 2. The van der Waals surface area contributed by atoms with Gasteiger partial charge in [-0.2, -0.15) is 5.10 Å².